The molecule has 1 saturated carbocycles. The minimum absolute atomic E-state index is 0.592. The Morgan fingerprint density at radius 2 is 1.79 bits per heavy atom. The lowest BCUT2D eigenvalue weighted by molar-refractivity contribution is 0.0223. The zero-order valence-electron chi connectivity index (χ0n) is 12.2. The smallest absolute Gasteiger partial charge is 0.0223 e. The molecule has 1 atom stereocenters. The third-order valence-electron chi connectivity index (χ3n) is 5.68. The first-order chi connectivity index (χ1) is 9.31. The summed E-state index contributed by atoms with van der Waals surface area (Å²) in [4.78, 5) is 5.54. The second kappa shape index (κ2) is 6.44. The standard InChI is InChI=1S/C16H29BrN2/c17-13-16(7-3-1-4-8-16)14-18-10-11-19-9-5-2-6-15(19)12-18/h15H,1-14H2. The Kier molecular flexibility index (Phi) is 4.86. The lowest BCUT2D eigenvalue weighted by Crippen LogP contribution is -2.56. The number of hydrogen-bond acceptors (Lipinski definition) is 2. The topological polar surface area (TPSA) is 6.48 Å². The van der Waals surface area contributed by atoms with Crippen LogP contribution < -0.4 is 0 Å². The fourth-order valence-electron chi connectivity index (χ4n) is 4.47. The molecule has 3 aliphatic rings. The fourth-order valence-corrected chi connectivity index (χ4v) is 5.21. The number of rotatable bonds is 3. The Hall–Kier alpha value is 0.400. The van der Waals surface area contributed by atoms with Crippen molar-refractivity contribution in [1.29, 1.82) is 0 Å². The lowest BCUT2D eigenvalue weighted by atomic mass is 9.75. The van der Waals surface area contributed by atoms with Crippen LogP contribution in [0.1, 0.15) is 51.4 Å². The summed E-state index contributed by atoms with van der Waals surface area (Å²) in [6.07, 6.45) is 11.6. The molecule has 0 aromatic rings. The van der Waals surface area contributed by atoms with Gasteiger partial charge in [0.15, 0.2) is 0 Å². The van der Waals surface area contributed by atoms with Crippen molar-refractivity contribution in [3.63, 3.8) is 0 Å². The van der Waals surface area contributed by atoms with Crippen molar-refractivity contribution in [2.75, 3.05) is 38.1 Å². The van der Waals surface area contributed by atoms with Crippen molar-refractivity contribution in [2.24, 2.45) is 5.41 Å². The molecule has 0 bridgehead atoms. The molecule has 2 aliphatic heterocycles. The molecule has 0 N–H and O–H groups in total. The van der Waals surface area contributed by atoms with E-state index in [2.05, 4.69) is 25.7 Å². The van der Waals surface area contributed by atoms with Crippen molar-refractivity contribution in [3.05, 3.63) is 0 Å². The number of fused-ring (bicyclic) bond motifs is 1. The average Bonchev–Trinajstić information content (AvgIpc) is 2.48. The van der Waals surface area contributed by atoms with Crippen LogP contribution in [0.25, 0.3) is 0 Å². The molecule has 3 rings (SSSR count). The first-order valence-corrected chi connectivity index (χ1v) is 9.46. The molecule has 2 saturated heterocycles. The number of piperidine rings is 1. The van der Waals surface area contributed by atoms with Crippen molar-refractivity contribution in [2.45, 2.75) is 57.4 Å². The van der Waals surface area contributed by atoms with Gasteiger partial charge in [-0.15, -0.1) is 0 Å². The Morgan fingerprint density at radius 1 is 0.947 bits per heavy atom. The highest BCUT2D eigenvalue weighted by atomic mass is 79.9. The largest absolute Gasteiger partial charge is 0.300 e. The molecule has 0 aromatic carbocycles. The number of alkyl halides is 1. The fraction of sp³-hybridized carbons (Fsp3) is 1.00. The van der Waals surface area contributed by atoms with E-state index >= 15 is 0 Å². The minimum Gasteiger partial charge on any atom is -0.300 e. The summed E-state index contributed by atoms with van der Waals surface area (Å²) in [5.74, 6) is 0. The van der Waals surface area contributed by atoms with Gasteiger partial charge in [0, 0.05) is 37.6 Å². The third kappa shape index (κ3) is 3.36. The van der Waals surface area contributed by atoms with Gasteiger partial charge in [-0.25, -0.2) is 0 Å². The number of nitrogens with zero attached hydrogens (tertiary/aromatic N) is 2. The second-order valence-corrected chi connectivity index (χ2v) is 7.68. The van der Waals surface area contributed by atoms with E-state index in [-0.39, 0.29) is 0 Å². The normalized spacial score (nSPS) is 33.0. The molecule has 1 unspecified atom stereocenters. The van der Waals surface area contributed by atoms with Crippen molar-refractivity contribution < 1.29 is 0 Å². The monoisotopic (exact) mass is 328 g/mol. The predicted octanol–water partition coefficient (Wildman–Crippen LogP) is 3.50. The second-order valence-electron chi connectivity index (χ2n) is 7.11. The Labute approximate surface area is 127 Å². The van der Waals surface area contributed by atoms with Crippen LogP contribution in [0.3, 0.4) is 0 Å². The quantitative estimate of drug-likeness (QED) is 0.731. The van der Waals surface area contributed by atoms with E-state index in [1.165, 1.54) is 89.4 Å². The molecular weight excluding hydrogens is 300 g/mol. The molecule has 0 spiro atoms. The van der Waals surface area contributed by atoms with Crippen LogP contribution in [0.4, 0.5) is 0 Å². The van der Waals surface area contributed by atoms with Crippen LogP contribution in [0.5, 0.6) is 0 Å². The predicted molar refractivity (Wildman–Crippen MR) is 85.0 cm³/mol. The number of halogens is 1. The highest BCUT2D eigenvalue weighted by Crippen LogP contribution is 2.39. The highest BCUT2D eigenvalue weighted by Gasteiger charge is 2.36. The van der Waals surface area contributed by atoms with Gasteiger partial charge in [-0.05, 0) is 37.6 Å². The lowest BCUT2D eigenvalue weighted by Gasteiger charge is -2.47. The molecule has 3 fully saturated rings. The molecule has 0 aromatic heterocycles. The van der Waals surface area contributed by atoms with Gasteiger partial charge in [0.25, 0.3) is 0 Å². The van der Waals surface area contributed by atoms with Crippen LogP contribution >= 0.6 is 15.9 Å². The summed E-state index contributed by atoms with van der Waals surface area (Å²) >= 11 is 3.83. The molecule has 19 heavy (non-hydrogen) atoms. The maximum atomic E-state index is 3.83. The summed E-state index contributed by atoms with van der Waals surface area (Å²) in [5, 5.41) is 1.21. The number of piperazine rings is 1. The summed E-state index contributed by atoms with van der Waals surface area (Å²) in [5.41, 5.74) is 0.592. The van der Waals surface area contributed by atoms with Crippen molar-refractivity contribution in [1.82, 2.24) is 9.80 Å². The average molecular weight is 329 g/mol. The third-order valence-corrected chi connectivity index (χ3v) is 6.87. The number of hydrogen-bond donors (Lipinski definition) is 0. The molecule has 2 heterocycles. The summed E-state index contributed by atoms with van der Waals surface area (Å²) in [7, 11) is 0. The van der Waals surface area contributed by atoms with E-state index in [1.54, 1.807) is 0 Å². The van der Waals surface area contributed by atoms with E-state index in [4.69, 9.17) is 0 Å². The summed E-state index contributed by atoms with van der Waals surface area (Å²) in [6, 6.07) is 0.874. The molecule has 0 amide bonds. The van der Waals surface area contributed by atoms with E-state index in [9.17, 15) is 0 Å². The van der Waals surface area contributed by atoms with Crippen molar-refractivity contribution in [3.8, 4) is 0 Å². The van der Waals surface area contributed by atoms with Gasteiger partial charge in [-0.2, -0.15) is 0 Å². The zero-order chi connectivity index (χ0) is 13.1. The van der Waals surface area contributed by atoms with Crippen molar-refractivity contribution >= 4 is 15.9 Å². The van der Waals surface area contributed by atoms with Crippen LogP contribution in [0.15, 0.2) is 0 Å². The van der Waals surface area contributed by atoms with Crippen LogP contribution in [-0.4, -0.2) is 53.9 Å². The summed E-state index contributed by atoms with van der Waals surface area (Å²) in [6.45, 7) is 6.69. The Bertz CT molecular complexity index is 288. The van der Waals surface area contributed by atoms with Gasteiger partial charge in [-0.1, -0.05) is 41.6 Å². The van der Waals surface area contributed by atoms with Crippen LogP contribution in [0.2, 0.25) is 0 Å². The molecule has 3 heteroatoms. The Morgan fingerprint density at radius 3 is 2.58 bits per heavy atom. The molecular formula is C16H29BrN2. The maximum Gasteiger partial charge on any atom is 0.0223 e. The van der Waals surface area contributed by atoms with Gasteiger partial charge in [0.05, 0.1) is 0 Å². The van der Waals surface area contributed by atoms with Gasteiger partial charge in [-0.3, -0.25) is 9.80 Å². The minimum atomic E-state index is 0.592. The van der Waals surface area contributed by atoms with Gasteiger partial charge in [0.1, 0.15) is 0 Å². The van der Waals surface area contributed by atoms with Gasteiger partial charge in [0.2, 0.25) is 0 Å². The van der Waals surface area contributed by atoms with E-state index in [0.717, 1.165) is 6.04 Å². The molecule has 110 valence electrons. The Balaban J connectivity index is 1.57. The van der Waals surface area contributed by atoms with E-state index in [0.29, 0.717) is 5.41 Å². The van der Waals surface area contributed by atoms with E-state index in [1.807, 2.05) is 0 Å². The van der Waals surface area contributed by atoms with Crippen LogP contribution in [0, 0.1) is 5.41 Å². The zero-order valence-corrected chi connectivity index (χ0v) is 13.8. The molecule has 1 aliphatic carbocycles. The summed E-state index contributed by atoms with van der Waals surface area (Å²) < 4.78 is 0. The van der Waals surface area contributed by atoms with Gasteiger partial charge < -0.3 is 0 Å². The highest BCUT2D eigenvalue weighted by molar-refractivity contribution is 9.09. The van der Waals surface area contributed by atoms with Crippen LogP contribution in [-0.2, 0) is 0 Å². The maximum absolute atomic E-state index is 3.83. The SMILES string of the molecule is BrCC1(CN2CCN3CCCCC3C2)CCCCC1. The van der Waals surface area contributed by atoms with Gasteiger partial charge >= 0.3 is 0 Å². The molecule has 0 radical (unpaired) electrons. The molecule has 2 nitrogen and oxygen atoms in total. The first-order valence-electron chi connectivity index (χ1n) is 8.34. The first kappa shape index (κ1) is 14.3. The van der Waals surface area contributed by atoms with E-state index < -0.39 is 0 Å².